The van der Waals surface area contributed by atoms with E-state index in [0.717, 1.165) is 38.9 Å². The molecule has 0 unspecified atom stereocenters. The van der Waals surface area contributed by atoms with Gasteiger partial charge in [0.25, 0.3) is 0 Å². The summed E-state index contributed by atoms with van der Waals surface area (Å²) in [6.07, 6.45) is 4.44. The van der Waals surface area contributed by atoms with Gasteiger partial charge in [-0.2, -0.15) is 0 Å². The Morgan fingerprint density at radius 1 is 0.560 bits per heavy atom. The van der Waals surface area contributed by atoms with Gasteiger partial charge in [0.1, 0.15) is 13.2 Å². The summed E-state index contributed by atoms with van der Waals surface area (Å²) in [6, 6.07) is 0. The molecule has 0 aromatic carbocycles. The van der Waals surface area contributed by atoms with Crippen molar-refractivity contribution in [2.24, 2.45) is 0 Å². The van der Waals surface area contributed by atoms with Crippen LogP contribution in [0.2, 0.25) is 0 Å². The highest BCUT2D eigenvalue weighted by atomic mass is 16.6. The number of rotatable bonds is 15. The molecule has 0 saturated carbocycles. The van der Waals surface area contributed by atoms with Crippen molar-refractivity contribution in [1.29, 1.82) is 0 Å². The number of hydrogen-bond donors (Lipinski definition) is 0. The lowest BCUT2D eigenvalue weighted by Crippen LogP contribution is -2.11. The second-order valence-electron chi connectivity index (χ2n) is 5.22. The van der Waals surface area contributed by atoms with E-state index < -0.39 is 0 Å². The third-order valence-corrected chi connectivity index (χ3v) is 2.72. The van der Waals surface area contributed by atoms with Crippen LogP contribution in [0.15, 0.2) is 0 Å². The molecule has 0 amide bonds. The fourth-order valence-corrected chi connectivity index (χ4v) is 1.41. The lowest BCUT2D eigenvalue weighted by atomic mass is 10.4. The van der Waals surface area contributed by atoms with Crippen LogP contribution < -0.4 is 0 Å². The average Bonchev–Trinajstić information content (AvgIpc) is 2.56. The predicted molar refractivity (Wildman–Crippen MR) is 95.5 cm³/mol. The van der Waals surface area contributed by atoms with E-state index in [4.69, 9.17) is 14.2 Å². The summed E-state index contributed by atoms with van der Waals surface area (Å²) in [5.74, 6) is -0.517. The Labute approximate surface area is 152 Å². The number of carbonyl (C=O) groups is 2. The Kier molecular flexibility index (Phi) is 23.8. The minimum Gasteiger partial charge on any atom is -0.463 e. The first-order chi connectivity index (χ1) is 12.0. The van der Waals surface area contributed by atoms with Crippen molar-refractivity contribution in [3.05, 3.63) is 0 Å². The molecule has 0 aliphatic rings. The van der Waals surface area contributed by atoms with Gasteiger partial charge in [-0.3, -0.25) is 9.59 Å². The van der Waals surface area contributed by atoms with Crippen molar-refractivity contribution in [1.82, 2.24) is 0 Å². The van der Waals surface area contributed by atoms with Crippen molar-refractivity contribution < 1.29 is 33.3 Å². The normalized spacial score (nSPS) is 9.92. The van der Waals surface area contributed by atoms with E-state index >= 15 is 0 Å². The quantitative estimate of drug-likeness (QED) is 0.326. The second-order valence-corrected chi connectivity index (χ2v) is 5.22. The molecular weight excluding hydrogens is 328 g/mol. The van der Waals surface area contributed by atoms with Gasteiger partial charge in [0.15, 0.2) is 0 Å². The first-order valence-electron chi connectivity index (χ1n) is 9.04. The maximum atomic E-state index is 10.3. The molecule has 0 aromatic heterocycles. The zero-order chi connectivity index (χ0) is 19.2. The van der Waals surface area contributed by atoms with Gasteiger partial charge in [0, 0.05) is 27.1 Å². The summed E-state index contributed by atoms with van der Waals surface area (Å²) in [4.78, 5) is 20.6. The number of ether oxygens (including phenoxy) is 5. The minimum atomic E-state index is -0.271. The third kappa shape index (κ3) is 31.2. The number of hydrogen-bond acceptors (Lipinski definition) is 7. The molecule has 0 saturated heterocycles. The summed E-state index contributed by atoms with van der Waals surface area (Å²) < 4.78 is 24.9. The predicted octanol–water partition coefficient (Wildman–Crippen LogP) is 2.75. The van der Waals surface area contributed by atoms with Crippen molar-refractivity contribution in [2.75, 3.05) is 52.9 Å². The van der Waals surface area contributed by atoms with E-state index in [1.54, 1.807) is 0 Å². The molecule has 0 aliphatic heterocycles. The summed E-state index contributed by atoms with van der Waals surface area (Å²) in [6.45, 7) is 11.4. The Hall–Kier alpha value is -1.18. The van der Waals surface area contributed by atoms with Crippen LogP contribution in [0.5, 0.6) is 0 Å². The highest BCUT2D eigenvalue weighted by Crippen LogP contribution is 1.88. The Bertz CT molecular complexity index is 295. The van der Waals surface area contributed by atoms with Crippen molar-refractivity contribution in [3.8, 4) is 0 Å². The van der Waals surface area contributed by atoms with Crippen LogP contribution in [0.1, 0.15) is 53.4 Å². The lowest BCUT2D eigenvalue weighted by Gasteiger charge is -2.05. The standard InChI is InChI=1S/C10H20O4.C8H16O3/c1-3-4-5-12-6-7-13-8-9-14-10(2)11;1-3-4-5-10-6-7-11-8(2)9/h3-9H2,1-2H3;3-7H2,1-2H3. The van der Waals surface area contributed by atoms with E-state index in [9.17, 15) is 9.59 Å². The first-order valence-corrected chi connectivity index (χ1v) is 9.04. The molecule has 7 heteroatoms. The van der Waals surface area contributed by atoms with Gasteiger partial charge in [0.05, 0.1) is 26.4 Å². The molecule has 0 N–H and O–H groups in total. The molecule has 0 heterocycles. The zero-order valence-electron chi connectivity index (χ0n) is 16.3. The maximum Gasteiger partial charge on any atom is 0.302 e. The monoisotopic (exact) mass is 364 g/mol. The van der Waals surface area contributed by atoms with E-state index in [2.05, 4.69) is 23.3 Å². The van der Waals surface area contributed by atoms with Crippen LogP contribution in [-0.4, -0.2) is 64.8 Å². The van der Waals surface area contributed by atoms with Crippen LogP contribution >= 0.6 is 0 Å². The van der Waals surface area contributed by atoms with Crippen LogP contribution in [0.25, 0.3) is 0 Å². The largest absolute Gasteiger partial charge is 0.463 e. The lowest BCUT2D eigenvalue weighted by molar-refractivity contribution is -0.143. The first kappa shape index (κ1) is 26.1. The summed E-state index contributed by atoms with van der Waals surface area (Å²) in [5, 5.41) is 0. The van der Waals surface area contributed by atoms with Gasteiger partial charge in [-0.1, -0.05) is 26.7 Å². The molecule has 0 rings (SSSR count). The second kappa shape index (κ2) is 22.8. The highest BCUT2D eigenvalue weighted by molar-refractivity contribution is 5.66. The summed E-state index contributed by atoms with van der Waals surface area (Å²) in [5.41, 5.74) is 0. The third-order valence-electron chi connectivity index (χ3n) is 2.72. The fraction of sp³-hybridized carbons (Fsp3) is 0.889. The summed E-state index contributed by atoms with van der Waals surface area (Å²) in [7, 11) is 0. The van der Waals surface area contributed by atoms with Crippen LogP contribution in [-0.2, 0) is 33.3 Å². The van der Waals surface area contributed by atoms with Crippen molar-refractivity contribution >= 4 is 11.9 Å². The molecule has 0 aliphatic carbocycles. The van der Waals surface area contributed by atoms with Crippen molar-refractivity contribution in [3.63, 3.8) is 0 Å². The van der Waals surface area contributed by atoms with Gasteiger partial charge in [0.2, 0.25) is 0 Å². The molecule has 0 bridgehead atoms. The number of carbonyl (C=O) groups excluding carboxylic acids is 2. The van der Waals surface area contributed by atoms with Gasteiger partial charge in [-0.05, 0) is 12.8 Å². The van der Waals surface area contributed by atoms with E-state index in [1.807, 2.05) is 0 Å². The number of esters is 2. The molecule has 0 aromatic rings. The van der Waals surface area contributed by atoms with Crippen molar-refractivity contribution in [2.45, 2.75) is 53.4 Å². The van der Waals surface area contributed by atoms with Crippen LogP contribution in [0, 0.1) is 0 Å². The molecule has 25 heavy (non-hydrogen) atoms. The molecule has 0 fully saturated rings. The fourth-order valence-electron chi connectivity index (χ4n) is 1.41. The van der Waals surface area contributed by atoms with E-state index in [0.29, 0.717) is 39.6 Å². The summed E-state index contributed by atoms with van der Waals surface area (Å²) >= 11 is 0. The molecule has 150 valence electrons. The van der Waals surface area contributed by atoms with Gasteiger partial charge in [-0.25, -0.2) is 0 Å². The van der Waals surface area contributed by atoms with E-state index in [-0.39, 0.29) is 11.9 Å². The molecule has 0 atom stereocenters. The molecular formula is C18H36O7. The topological polar surface area (TPSA) is 80.3 Å². The molecule has 0 radical (unpaired) electrons. The van der Waals surface area contributed by atoms with Crippen LogP contribution in [0.4, 0.5) is 0 Å². The van der Waals surface area contributed by atoms with Crippen LogP contribution in [0.3, 0.4) is 0 Å². The Balaban J connectivity index is 0. The zero-order valence-corrected chi connectivity index (χ0v) is 16.3. The minimum absolute atomic E-state index is 0.246. The molecule has 0 spiro atoms. The van der Waals surface area contributed by atoms with Gasteiger partial charge >= 0.3 is 11.9 Å². The van der Waals surface area contributed by atoms with Gasteiger partial charge in [-0.15, -0.1) is 0 Å². The highest BCUT2D eigenvalue weighted by Gasteiger charge is 1.93. The number of unbranched alkanes of at least 4 members (excludes halogenated alkanes) is 2. The SMILES string of the molecule is CCCCOCCOC(C)=O.CCCCOCCOCCOC(C)=O. The average molecular weight is 364 g/mol. The van der Waals surface area contributed by atoms with Gasteiger partial charge < -0.3 is 23.7 Å². The maximum absolute atomic E-state index is 10.3. The molecule has 7 nitrogen and oxygen atoms in total. The Morgan fingerprint density at radius 2 is 0.880 bits per heavy atom. The van der Waals surface area contributed by atoms with E-state index in [1.165, 1.54) is 13.8 Å². The smallest absolute Gasteiger partial charge is 0.302 e. The Morgan fingerprint density at radius 3 is 1.20 bits per heavy atom.